The quantitative estimate of drug-likeness (QED) is 0.373. The Hall–Kier alpha value is -4.98. The second-order valence-corrected chi connectivity index (χ2v) is 7.95. The zero-order valence-electron chi connectivity index (χ0n) is 18.8. The summed E-state index contributed by atoms with van der Waals surface area (Å²) in [5, 5.41) is 7.03. The minimum Gasteiger partial charge on any atom is -0.436 e. The van der Waals surface area contributed by atoms with E-state index in [0.717, 1.165) is 16.8 Å². The smallest absolute Gasteiger partial charge is 0.269 e. The summed E-state index contributed by atoms with van der Waals surface area (Å²) in [7, 11) is 0. The molecule has 5 aromatic rings. The third-order valence-electron chi connectivity index (χ3n) is 5.48. The average molecular weight is 463 g/mol. The van der Waals surface area contributed by atoms with Crippen molar-refractivity contribution < 1.29 is 14.0 Å². The van der Waals surface area contributed by atoms with Crippen LogP contribution in [0.15, 0.2) is 95.7 Å². The van der Waals surface area contributed by atoms with Gasteiger partial charge in [0.25, 0.3) is 11.8 Å². The molecule has 0 fully saturated rings. The number of carbonyl (C=O) groups excluding carboxylic acids is 2. The van der Waals surface area contributed by atoms with Gasteiger partial charge in [-0.1, -0.05) is 42.0 Å². The van der Waals surface area contributed by atoms with Crippen LogP contribution in [0.4, 0.5) is 5.69 Å². The van der Waals surface area contributed by atoms with Crippen molar-refractivity contribution in [3.8, 4) is 28.5 Å². The van der Waals surface area contributed by atoms with Gasteiger partial charge in [0.2, 0.25) is 5.89 Å². The number of primary amides is 1. The molecule has 5 rings (SSSR count). The van der Waals surface area contributed by atoms with Crippen molar-refractivity contribution >= 4 is 17.5 Å². The number of rotatable bonds is 6. The lowest BCUT2D eigenvalue weighted by Crippen LogP contribution is -2.13. The number of nitrogens with one attached hydrogen (secondary N) is 1. The Labute approximate surface area is 201 Å². The van der Waals surface area contributed by atoms with E-state index in [-0.39, 0.29) is 11.6 Å². The van der Waals surface area contributed by atoms with Gasteiger partial charge in [0.15, 0.2) is 5.76 Å². The van der Waals surface area contributed by atoms with Crippen molar-refractivity contribution in [3.05, 3.63) is 108 Å². The molecule has 0 aliphatic heterocycles. The third kappa shape index (κ3) is 4.58. The van der Waals surface area contributed by atoms with Crippen LogP contribution in [0.3, 0.4) is 0 Å². The van der Waals surface area contributed by atoms with E-state index in [1.165, 1.54) is 4.68 Å². The van der Waals surface area contributed by atoms with Gasteiger partial charge in [0.1, 0.15) is 5.69 Å². The number of aromatic nitrogens is 3. The van der Waals surface area contributed by atoms with Crippen molar-refractivity contribution in [1.82, 2.24) is 14.8 Å². The highest BCUT2D eigenvalue weighted by Crippen LogP contribution is 2.29. The highest BCUT2D eigenvalue weighted by atomic mass is 16.4. The van der Waals surface area contributed by atoms with Gasteiger partial charge in [-0.05, 0) is 49.4 Å². The van der Waals surface area contributed by atoms with Gasteiger partial charge in [0.05, 0.1) is 17.4 Å². The van der Waals surface area contributed by atoms with Gasteiger partial charge in [-0.3, -0.25) is 9.59 Å². The summed E-state index contributed by atoms with van der Waals surface area (Å²) in [5.41, 5.74) is 9.86. The summed E-state index contributed by atoms with van der Waals surface area (Å²) in [5.74, 6) is 0.108. The monoisotopic (exact) mass is 463 g/mol. The molecule has 0 atom stereocenters. The molecule has 3 aromatic carbocycles. The number of amides is 2. The molecule has 0 saturated carbocycles. The Morgan fingerprint density at radius 3 is 2.40 bits per heavy atom. The zero-order chi connectivity index (χ0) is 24.4. The lowest BCUT2D eigenvalue weighted by molar-refractivity contribution is 0.0993. The largest absolute Gasteiger partial charge is 0.436 e. The van der Waals surface area contributed by atoms with Gasteiger partial charge in [-0.15, -0.1) is 0 Å². The van der Waals surface area contributed by atoms with Crippen LogP contribution in [-0.2, 0) is 0 Å². The van der Waals surface area contributed by atoms with Crippen LogP contribution in [-0.4, -0.2) is 26.6 Å². The summed E-state index contributed by atoms with van der Waals surface area (Å²) >= 11 is 0. The fraction of sp³-hybridized carbons (Fsp3) is 0.0370. The zero-order valence-corrected chi connectivity index (χ0v) is 18.8. The van der Waals surface area contributed by atoms with E-state index in [1.807, 2.05) is 37.3 Å². The van der Waals surface area contributed by atoms with E-state index in [2.05, 4.69) is 15.4 Å². The Balaban J connectivity index is 1.35. The highest BCUT2D eigenvalue weighted by Gasteiger charge is 2.17. The number of hydrogen-bond acceptors (Lipinski definition) is 5. The molecule has 2 heterocycles. The molecule has 0 aliphatic carbocycles. The molecule has 3 N–H and O–H groups in total. The number of benzene rings is 3. The van der Waals surface area contributed by atoms with Crippen LogP contribution in [0.5, 0.6) is 0 Å². The minimum atomic E-state index is -0.594. The molecule has 8 heteroatoms. The van der Waals surface area contributed by atoms with Crippen LogP contribution in [0.25, 0.3) is 28.5 Å². The highest BCUT2D eigenvalue weighted by molar-refractivity contribution is 6.08. The van der Waals surface area contributed by atoms with Gasteiger partial charge < -0.3 is 15.5 Å². The van der Waals surface area contributed by atoms with Crippen LogP contribution in [0.2, 0.25) is 0 Å². The fourth-order valence-electron chi connectivity index (χ4n) is 3.61. The number of nitrogens with zero attached hydrogens (tertiary/aromatic N) is 3. The number of carbonyl (C=O) groups is 2. The van der Waals surface area contributed by atoms with E-state index < -0.39 is 5.91 Å². The number of hydrogen-bond donors (Lipinski definition) is 2. The first-order chi connectivity index (χ1) is 17.0. The molecular formula is C27H21N5O3. The number of aryl methyl sites for hydroxylation is 1. The van der Waals surface area contributed by atoms with Gasteiger partial charge in [-0.2, -0.15) is 5.10 Å². The van der Waals surface area contributed by atoms with E-state index in [9.17, 15) is 9.59 Å². The molecule has 0 saturated heterocycles. The van der Waals surface area contributed by atoms with Crippen molar-refractivity contribution in [3.63, 3.8) is 0 Å². The van der Waals surface area contributed by atoms with Crippen molar-refractivity contribution in [2.45, 2.75) is 6.92 Å². The predicted octanol–water partition coefficient (Wildman–Crippen LogP) is 4.85. The molecule has 0 unspecified atom stereocenters. The molecular weight excluding hydrogens is 442 g/mol. The van der Waals surface area contributed by atoms with Gasteiger partial charge in [-0.25, -0.2) is 9.67 Å². The second kappa shape index (κ2) is 9.11. The average Bonchev–Trinajstić information content (AvgIpc) is 3.56. The van der Waals surface area contributed by atoms with Crippen LogP contribution in [0.1, 0.15) is 26.4 Å². The third-order valence-corrected chi connectivity index (χ3v) is 5.48. The van der Waals surface area contributed by atoms with E-state index in [0.29, 0.717) is 28.5 Å². The Morgan fingerprint density at radius 2 is 1.69 bits per heavy atom. The first kappa shape index (κ1) is 21.8. The summed E-state index contributed by atoms with van der Waals surface area (Å²) in [6.45, 7) is 2.02. The molecule has 2 amide bonds. The Bertz CT molecular complexity index is 1520. The topological polar surface area (TPSA) is 116 Å². The molecule has 0 radical (unpaired) electrons. The maximum Gasteiger partial charge on any atom is 0.269 e. The standard InChI is InChI=1S/C27H21N5O3/c1-17-6-8-18(9-7-17)24-16-29-27(35-24)22-5-3-2-4-21(22)26(34)30-19-10-12-20(13-11-19)32-15-14-23(31-32)25(28)33/h2-16H,1H3,(H2,28,33)(H,30,34). The van der Waals surface area contributed by atoms with Crippen molar-refractivity contribution in [2.75, 3.05) is 5.32 Å². The first-order valence-corrected chi connectivity index (χ1v) is 10.9. The Morgan fingerprint density at radius 1 is 0.943 bits per heavy atom. The summed E-state index contributed by atoms with van der Waals surface area (Å²) in [6.07, 6.45) is 3.30. The van der Waals surface area contributed by atoms with E-state index in [4.69, 9.17) is 10.2 Å². The maximum atomic E-state index is 13.1. The fourth-order valence-corrected chi connectivity index (χ4v) is 3.61. The van der Waals surface area contributed by atoms with Crippen LogP contribution >= 0.6 is 0 Å². The molecule has 35 heavy (non-hydrogen) atoms. The van der Waals surface area contributed by atoms with Crippen molar-refractivity contribution in [2.24, 2.45) is 5.73 Å². The van der Waals surface area contributed by atoms with Crippen LogP contribution < -0.4 is 11.1 Å². The minimum absolute atomic E-state index is 0.177. The first-order valence-electron chi connectivity index (χ1n) is 10.9. The molecule has 0 aliphatic rings. The molecule has 0 spiro atoms. The molecule has 8 nitrogen and oxygen atoms in total. The second-order valence-electron chi connectivity index (χ2n) is 7.95. The summed E-state index contributed by atoms with van der Waals surface area (Å²) < 4.78 is 7.52. The lowest BCUT2D eigenvalue weighted by Gasteiger charge is -2.09. The van der Waals surface area contributed by atoms with Crippen LogP contribution in [0, 0.1) is 6.92 Å². The van der Waals surface area contributed by atoms with Gasteiger partial charge in [0, 0.05) is 23.0 Å². The molecule has 0 bridgehead atoms. The summed E-state index contributed by atoms with van der Waals surface area (Å²) in [4.78, 5) is 28.8. The number of nitrogens with two attached hydrogens (primary N) is 1. The Kier molecular flexibility index (Phi) is 5.68. The van der Waals surface area contributed by atoms with E-state index in [1.54, 1.807) is 60.9 Å². The summed E-state index contributed by atoms with van der Waals surface area (Å²) in [6, 6.07) is 23.7. The molecule has 2 aromatic heterocycles. The van der Waals surface area contributed by atoms with E-state index >= 15 is 0 Å². The predicted molar refractivity (Wildman–Crippen MR) is 132 cm³/mol. The number of oxazole rings is 1. The van der Waals surface area contributed by atoms with Crippen molar-refractivity contribution in [1.29, 1.82) is 0 Å². The maximum absolute atomic E-state index is 13.1. The lowest BCUT2D eigenvalue weighted by atomic mass is 10.1. The van der Waals surface area contributed by atoms with Gasteiger partial charge >= 0.3 is 0 Å². The SMILES string of the molecule is Cc1ccc(-c2cnc(-c3ccccc3C(=O)Nc3ccc(-n4ccc(C(N)=O)n4)cc3)o2)cc1. The number of anilines is 1. The normalized spacial score (nSPS) is 10.8. The molecule has 172 valence electrons.